The molecular weight excluding hydrogens is 420 g/mol. The Morgan fingerprint density at radius 3 is 2.42 bits per heavy atom. The Hall–Kier alpha value is -3.72. The van der Waals surface area contributed by atoms with Crippen molar-refractivity contribution in [1.82, 2.24) is 25.1 Å². The summed E-state index contributed by atoms with van der Waals surface area (Å²) < 4.78 is 5.29. The highest BCUT2D eigenvalue weighted by molar-refractivity contribution is 6.07. The first-order chi connectivity index (χ1) is 16.0. The monoisotopic (exact) mass is 446 g/mol. The van der Waals surface area contributed by atoms with Gasteiger partial charge in [-0.3, -0.25) is 9.69 Å². The molecule has 2 aromatic carbocycles. The molecule has 9 heteroatoms. The summed E-state index contributed by atoms with van der Waals surface area (Å²) in [6.07, 6.45) is 3.46. The van der Waals surface area contributed by atoms with Crippen LogP contribution in [0.1, 0.15) is 12.5 Å². The lowest BCUT2D eigenvalue weighted by Gasteiger charge is -2.36. The van der Waals surface area contributed by atoms with Gasteiger partial charge in [0.15, 0.2) is 0 Å². The summed E-state index contributed by atoms with van der Waals surface area (Å²) in [6.45, 7) is 4.92. The zero-order valence-electron chi connectivity index (χ0n) is 18.7. The Kier molecular flexibility index (Phi) is 5.33. The number of anilines is 1. The van der Waals surface area contributed by atoms with E-state index in [1.807, 2.05) is 36.4 Å². The number of methoxy groups -OCH3 is 1. The highest BCUT2D eigenvalue weighted by Gasteiger charge is 2.49. The van der Waals surface area contributed by atoms with Gasteiger partial charge in [-0.05, 0) is 47.5 Å². The number of amides is 3. The lowest BCUT2D eigenvalue weighted by Crippen LogP contribution is -2.52. The van der Waals surface area contributed by atoms with E-state index in [0.29, 0.717) is 19.0 Å². The van der Waals surface area contributed by atoms with Crippen LogP contribution in [0.5, 0.6) is 5.75 Å². The molecule has 1 atom stereocenters. The third-order valence-electron chi connectivity index (χ3n) is 6.45. The molecule has 3 amide bonds. The van der Waals surface area contributed by atoms with Gasteiger partial charge in [-0.2, -0.15) is 0 Å². The number of nitrogens with one attached hydrogen (secondary N) is 1. The number of fused-ring (bicyclic) bond motifs is 1. The van der Waals surface area contributed by atoms with Crippen molar-refractivity contribution in [3.63, 3.8) is 0 Å². The fourth-order valence-electron chi connectivity index (χ4n) is 4.43. The van der Waals surface area contributed by atoms with Crippen LogP contribution in [0.3, 0.4) is 0 Å². The quantitative estimate of drug-likeness (QED) is 0.601. The molecule has 170 valence electrons. The Morgan fingerprint density at radius 2 is 1.70 bits per heavy atom. The summed E-state index contributed by atoms with van der Waals surface area (Å²) in [5, 5.41) is 4.90. The third kappa shape index (κ3) is 3.84. The van der Waals surface area contributed by atoms with Crippen molar-refractivity contribution in [2.24, 2.45) is 0 Å². The van der Waals surface area contributed by atoms with E-state index in [4.69, 9.17) is 4.74 Å². The Labute approximate surface area is 192 Å². The van der Waals surface area contributed by atoms with Gasteiger partial charge in [0.25, 0.3) is 5.91 Å². The van der Waals surface area contributed by atoms with Gasteiger partial charge in [0.1, 0.15) is 11.3 Å². The molecule has 3 aromatic rings. The predicted octanol–water partition coefficient (Wildman–Crippen LogP) is 2.19. The molecule has 0 aliphatic carbocycles. The summed E-state index contributed by atoms with van der Waals surface area (Å²) in [7, 11) is 1.63. The van der Waals surface area contributed by atoms with Crippen LogP contribution < -0.4 is 15.0 Å². The summed E-state index contributed by atoms with van der Waals surface area (Å²) >= 11 is 0. The lowest BCUT2D eigenvalue weighted by molar-refractivity contribution is -0.132. The SMILES string of the molecule is COc1ccc2cc([C@@]3(C)NC(=O)N(CN4CCN(c5ncccn5)CC4)C3=O)ccc2c1. The predicted molar refractivity (Wildman–Crippen MR) is 124 cm³/mol. The Morgan fingerprint density at radius 1 is 1.00 bits per heavy atom. The minimum Gasteiger partial charge on any atom is -0.497 e. The minimum absolute atomic E-state index is 0.241. The van der Waals surface area contributed by atoms with Gasteiger partial charge in [-0.15, -0.1) is 0 Å². The molecule has 2 aliphatic rings. The molecule has 1 N–H and O–H groups in total. The molecule has 0 unspecified atom stereocenters. The lowest BCUT2D eigenvalue weighted by atomic mass is 9.90. The second-order valence-corrected chi connectivity index (χ2v) is 8.51. The number of benzene rings is 2. The normalized spacial score (nSPS) is 21.5. The van der Waals surface area contributed by atoms with Gasteiger partial charge >= 0.3 is 6.03 Å². The summed E-state index contributed by atoms with van der Waals surface area (Å²) in [5.41, 5.74) is -0.350. The minimum atomic E-state index is -1.11. The van der Waals surface area contributed by atoms with Gasteiger partial charge in [-0.1, -0.05) is 18.2 Å². The van der Waals surface area contributed by atoms with E-state index in [1.54, 1.807) is 32.5 Å². The molecular formula is C24H26N6O3. The van der Waals surface area contributed by atoms with Crippen molar-refractivity contribution >= 4 is 28.7 Å². The van der Waals surface area contributed by atoms with Gasteiger partial charge < -0.3 is 15.0 Å². The third-order valence-corrected chi connectivity index (χ3v) is 6.45. The van der Waals surface area contributed by atoms with E-state index < -0.39 is 5.54 Å². The number of piperazine rings is 1. The first-order valence-electron chi connectivity index (χ1n) is 10.9. The van der Waals surface area contributed by atoms with Crippen LogP contribution in [-0.4, -0.2) is 71.7 Å². The maximum atomic E-state index is 13.4. The molecule has 0 saturated carbocycles. The van der Waals surface area contributed by atoms with E-state index in [1.165, 1.54) is 4.90 Å². The molecule has 9 nitrogen and oxygen atoms in total. The van der Waals surface area contributed by atoms with Crippen LogP contribution in [0, 0.1) is 0 Å². The molecule has 2 saturated heterocycles. The zero-order valence-corrected chi connectivity index (χ0v) is 18.7. The van der Waals surface area contributed by atoms with Crippen molar-refractivity contribution in [2.75, 3.05) is 44.9 Å². The van der Waals surface area contributed by atoms with Crippen molar-refractivity contribution in [3.8, 4) is 5.75 Å². The molecule has 2 fully saturated rings. The number of carbonyl (C=O) groups excluding carboxylic acids is 2. The molecule has 0 bridgehead atoms. The second kappa shape index (κ2) is 8.32. The average Bonchev–Trinajstić information content (AvgIpc) is 3.08. The first kappa shape index (κ1) is 21.1. The van der Waals surface area contributed by atoms with Crippen molar-refractivity contribution in [3.05, 3.63) is 60.4 Å². The number of carbonyl (C=O) groups is 2. The van der Waals surface area contributed by atoms with E-state index in [0.717, 1.165) is 35.2 Å². The second-order valence-electron chi connectivity index (χ2n) is 8.51. The number of rotatable bonds is 5. The molecule has 0 spiro atoms. The van der Waals surface area contributed by atoms with Crippen molar-refractivity contribution in [1.29, 1.82) is 0 Å². The fraction of sp³-hybridized carbons (Fsp3) is 0.333. The fourth-order valence-corrected chi connectivity index (χ4v) is 4.43. The first-order valence-corrected chi connectivity index (χ1v) is 10.9. The number of nitrogens with zero attached hydrogens (tertiary/aromatic N) is 5. The van der Waals surface area contributed by atoms with Crippen LogP contribution in [0.4, 0.5) is 10.7 Å². The van der Waals surface area contributed by atoms with E-state index >= 15 is 0 Å². The average molecular weight is 447 g/mol. The highest BCUT2D eigenvalue weighted by atomic mass is 16.5. The zero-order chi connectivity index (χ0) is 23.0. The summed E-state index contributed by atoms with van der Waals surface area (Å²) in [5.74, 6) is 1.24. The van der Waals surface area contributed by atoms with E-state index in [9.17, 15) is 9.59 Å². The largest absolute Gasteiger partial charge is 0.497 e. The molecule has 0 radical (unpaired) electrons. The Balaban J connectivity index is 1.29. The van der Waals surface area contributed by atoms with E-state index in [2.05, 4.69) is 25.1 Å². The van der Waals surface area contributed by atoms with Crippen molar-refractivity contribution in [2.45, 2.75) is 12.5 Å². The van der Waals surface area contributed by atoms with Crippen LogP contribution in [0.25, 0.3) is 10.8 Å². The number of hydrogen-bond donors (Lipinski definition) is 1. The van der Waals surface area contributed by atoms with E-state index in [-0.39, 0.29) is 18.6 Å². The maximum absolute atomic E-state index is 13.4. The topological polar surface area (TPSA) is 90.9 Å². The van der Waals surface area contributed by atoms with Crippen LogP contribution in [0.15, 0.2) is 54.9 Å². The smallest absolute Gasteiger partial charge is 0.326 e. The van der Waals surface area contributed by atoms with Gasteiger partial charge in [0, 0.05) is 38.6 Å². The molecule has 2 aliphatic heterocycles. The number of hydrogen-bond acceptors (Lipinski definition) is 7. The van der Waals surface area contributed by atoms with Crippen LogP contribution >= 0.6 is 0 Å². The number of aromatic nitrogens is 2. The molecule has 5 rings (SSSR count). The number of ether oxygens (including phenoxy) is 1. The van der Waals surface area contributed by atoms with Gasteiger partial charge in [-0.25, -0.2) is 19.7 Å². The molecule has 33 heavy (non-hydrogen) atoms. The van der Waals surface area contributed by atoms with Gasteiger partial charge in [0.2, 0.25) is 5.95 Å². The van der Waals surface area contributed by atoms with Gasteiger partial charge in [0.05, 0.1) is 13.8 Å². The van der Waals surface area contributed by atoms with Crippen LogP contribution in [-0.2, 0) is 10.3 Å². The molecule has 3 heterocycles. The number of imide groups is 1. The highest BCUT2D eigenvalue weighted by Crippen LogP contribution is 2.32. The summed E-state index contributed by atoms with van der Waals surface area (Å²) in [6, 6.07) is 13.0. The Bertz CT molecular complexity index is 1200. The van der Waals surface area contributed by atoms with Crippen LogP contribution in [0.2, 0.25) is 0 Å². The number of urea groups is 1. The standard InChI is InChI=1S/C24H26N6O3/c1-24(19-6-4-18-15-20(33-2)7-5-17(18)14-19)21(31)30(23(32)27-24)16-28-10-12-29(13-11-28)22-25-8-3-9-26-22/h3-9,14-15H,10-13,16H2,1-2H3,(H,27,32)/t24-/m1/s1. The summed E-state index contributed by atoms with van der Waals surface area (Å²) in [4.78, 5) is 40.3. The maximum Gasteiger partial charge on any atom is 0.326 e. The molecule has 1 aromatic heterocycles. The van der Waals surface area contributed by atoms with Crippen molar-refractivity contribution < 1.29 is 14.3 Å².